The lowest BCUT2D eigenvalue weighted by Crippen LogP contribution is -2.00. The van der Waals surface area contributed by atoms with Crippen LogP contribution in [0, 0.1) is 32.6 Å². The number of rotatable bonds is 3. The summed E-state index contributed by atoms with van der Waals surface area (Å²) in [6.07, 6.45) is 0. The summed E-state index contributed by atoms with van der Waals surface area (Å²) in [5.74, 6) is 6.53. The first-order valence-corrected chi connectivity index (χ1v) is 7.00. The third-order valence-corrected chi connectivity index (χ3v) is 3.50. The van der Waals surface area contributed by atoms with Gasteiger partial charge in [-0.15, -0.1) is 0 Å². The van der Waals surface area contributed by atoms with Crippen molar-refractivity contribution in [2.75, 3.05) is 6.61 Å². The van der Waals surface area contributed by atoms with Gasteiger partial charge in [0, 0.05) is 5.56 Å². The van der Waals surface area contributed by atoms with Gasteiger partial charge in [-0.2, -0.15) is 0 Å². The molecule has 0 spiro atoms. The molecule has 0 aliphatic carbocycles. The Bertz CT molecular complexity index is 690. The SMILES string of the molecule is Cc1ccc(C)c(OCc2cccc(C#CCO)c2)c1C. The highest BCUT2D eigenvalue weighted by atomic mass is 16.5. The predicted octanol–water partition coefficient (Wildman–Crippen LogP) is 3.53. The van der Waals surface area contributed by atoms with Crippen molar-refractivity contribution in [2.24, 2.45) is 0 Å². The Hall–Kier alpha value is -2.24. The summed E-state index contributed by atoms with van der Waals surface area (Å²) in [6, 6.07) is 12.1. The van der Waals surface area contributed by atoms with Gasteiger partial charge in [-0.05, 0) is 55.2 Å². The van der Waals surface area contributed by atoms with Gasteiger partial charge in [0.1, 0.15) is 19.0 Å². The van der Waals surface area contributed by atoms with Gasteiger partial charge in [0.05, 0.1) is 0 Å². The summed E-state index contributed by atoms with van der Waals surface area (Å²) >= 11 is 0. The van der Waals surface area contributed by atoms with Gasteiger partial charge in [-0.1, -0.05) is 36.1 Å². The van der Waals surface area contributed by atoms with Crippen LogP contribution < -0.4 is 4.74 Å². The standard InChI is InChI=1S/C19H20O2/c1-14-9-10-15(2)19(16(14)3)21-13-18-7-4-6-17(12-18)8-5-11-20/h4,6-7,9-10,12,20H,11,13H2,1-3H3. The molecule has 0 radical (unpaired) electrons. The zero-order valence-corrected chi connectivity index (χ0v) is 12.7. The predicted molar refractivity (Wildman–Crippen MR) is 85.4 cm³/mol. The van der Waals surface area contributed by atoms with Crippen molar-refractivity contribution in [3.63, 3.8) is 0 Å². The highest BCUT2D eigenvalue weighted by molar-refractivity contribution is 5.45. The van der Waals surface area contributed by atoms with Crippen LogP contribution in [0.2, 0.25) is 0 Å². The van der Waals surface area contributed by atoms with E-state index in [0.29, 0.717) is 6.61 Å². The van der Waals surface area contributed by atoms with E-state index in [-0.39, 0.29) is 6.61 Å². The first-order chi connectivity index (χ1) is 10.1. The fourth-order valence-corrected chi connectivity index (χ4v) is 2.18. The molecule has 0 fully saturated rings. The maximum atomic E-state index is 8.74. The van der Waals surface area contributed by atoms with Crippen LogP contribution in [0.1, 0.15) is 27.8 Å². The Morgan fingerprint density at radius 2 is 1.81 bits per heavy atom. The zero-order valence-electron chi connectivity index (χ0n) is 12.7. The van der Waals surface area contributed by atoms with Crippen LogP contribution in [0.15, 0.2) is 36.4 Å². The van der Waals surface area contributed by atoms with Crippen molar-refractivity contribution in [1.82, 2.24) is 0 Å². The smallest absolute Gasteiger partial charge is 0.125 e. The highest BCUT2D eigenvalue weighted by Gasteiger charge is 2.06. The molecular formula is C19H20O2. The lowest BCUT2D eigenvalue weighted by molar-refractivity contribution is 0.301. The Morgan fingerprint density at radius 1 is 1.05 bits per heavy atom. The third kappa shape index (κ3) is 3.87. The molecule has 2 aromatic carbocycles. The number of aliphatic hydroxyl groups is 1. The zero-order chi connectivity index (χ0) is 15.2. The van der Waals surface area contributed by atoms with Crippen LogP contribution in [-0.4, -0.2) is 11.7 Å². The van der Waals surface area contributed by atoms with Crippen LogP contribution in [0.5, 0.6) is 5.75 Å². The molecule has 2 rings (SSSR count). The lowest BCUT2D eigenvalue weighted by Gasteiger charge is -2.14. The van der Waals surface area contributed by atoms with E-state index >= 15 is 0 Å². The number of aliphatic hydroxyl groups excluding tert-OH is 1. The summed E-state index contributed by atoms with van der Waals surface area (Å²) in [5, 5.41) is 8.74. The molecule has 2 nitrogen and oxygen atoms in total. The van der Waals surface area contributed by atoms with Crippen molar-refractivity contribution in [3.05, 3.63) is 64.2 Å². The van der Waals surface area contributed by atoms with E-state index in [4.69, 9.17) is 9.84 Å². The van der Waals surface area contributed by atoms with Crippen LogP contribution in [0.25, 0.3) is 0 Å². The Morgan fingerprint density at radius 3 is 2.57 bits per heavy atom. The van der Waals surface area contributed by atoms with Gasteiger partial charge in [0.25, 0.3) is 0 Å². The number of benzene rings is 2. The van der Waals surface area contributed by atoms with Gasteiger partial charge in [0.15, 0.2) is 0 Å². The Labute approximate surface area is 126 Å². The average Bonchev–Trinajstić information content (AvgIpc) is 2.49. The summed E-state index contributed by atoms with van der Waals surface area (Å²) in [7, 11) is 0. The molecule has 0 bridgehead atoms. The van der Waals surface area contributed by atoms with E-state index in [9.17, 15) is 0 Å². The number of hydrogen-bond acceptors (Lipinski definition) is 2. The van der Waals surface area contributed by atoms with Crippen LogP contribution >= 0.6 is 0 Å². The monoisotopic (exact) mass is 280 g/mol. The second-order valence-corrected chi connectivity index (χ2v) is 5.10. The Kier molecular flexibility index (Phi) is 5.03. The van der Waals surface area contributed by atoms with E-state index < -0.39 is 0 Å². The maximum Gasteiger partial charge on any atom is 0.125 e. The van der Waals surface area contributed by atoms with E-state index in [1.807, 2.05) is 24.3 Å². The molecule has 0 saturated carbocycles. The molecule has 0 aromatic heterocycles. The third-order valence-electron chi connectivity index (χ3n) is 3.50. The highest BCUT2D eigenvalue weighted by Crippen LogP contribution is 2.26. The lowest BCUT2D eigenvalue weighted by atomic mass is 10.1. The molecular weight excluding hydrogens is 260 g/mol. The van der Waals surface area contributed by atoms with E-state index in [1.165, 1.54) is 11.1 Å². The molecule has 21 heavy (non-hydrogen) atoms. The minimum Gasteiger partial charge on any atom is -0.488 e. The molecule has 2 heteroatoms. The first kappa shape index (κ1) is 15.2. The molecule has 0 unspecified atom stereocenters. The summed E-state index contributed by atoms with van der Waals surface area (Å²) in [5.41, 5.74) is 5.53. The van der Waals surface area contributed by atoms with E-state index in [1.54, 1.807) is 0 Å². The van der Waals surface area contributed by atoms with Crippen LogP contribution in [0.3, 0.4) is 0 Å². The first-order valence-electron chi connectivity index (χ1n) is 7.00. The summed E-state index contributed by atoms with van der Waals surface area (Å²) in [4.78, 5) is 0. The summed E-state index contributed by atoms with van der Waals surface area (Å²) in [6.45, 7) is 6.63. The van der Waals surface area contributed by atoms with Crippen molar-refractivity contribution < 1.29 is 9.84 Å². The van der Waals surface area contributed by atoms with Gasteiger partial charge >= 0.3 is 0 Å². The van der Waals surface area contributed by atoms with Gasteiger partial charge in [-0.3, -0.25) is 0 Å². The number of ether oxygens (including phenoxy) is 1. The fraction of sp³-hybridized carbons (Fsp3) is 0.263. The van der Waals surface area contributed by atoms with Crippen molar-refractivity contribution in [1.29, 1.82) is 0 Å². The number of aryl methyl sites for hydroxylation is 2. The minimum atomic E-state index is -0.123. The molecule has 2 aromatic rings. The molecule has 0 aliphatic heterocycles. The molecule has 0 amide bonds. The molecule has 0 atom stereocenters. The Balaban J connectivity index is 2.15. The molecule has 0 aliphatic rings. The van der Waals surface area contributed by atoms with Gasteiger partial charge in [0.2, 0.25) is 0 Å². The average molecular weight is 280 g/mol. The second-order valence-electron chi connectivity index (χ2n) is 5.10. The fourth-order valence-electron chi connectivity index (χ4n) is 2.18. The number of hydrogen-bond donors (Lipinski definition) is 1. The maximum absolute atomic E-state index is 8.74. The quantitative estimate of drug-likeness (QED) is 0.871. The second kappa shape index (κ2) is 6.97. The topological polar surface area (TPSA) is 29.5 Å². The molecule has 0 heterocycles. The van der Waals surface area contributed by atoms with Crippen LogP contribution in [0.4, 0.5) is 0 Å². The summed E-state index contributed by atoms with van der Waals surface area (Å²) < 4.78 is 6.00. The van der Waals surface area contributed by atoms with Gasteiger partial charge in [-0.25, -0.2) is 0 Å². The van der Waals surface area contributed by atoms with E-state index in [2.05, 4.69) is 44.7 Å². The minimum absolute atomic E-state index is 0.123. The molecule has 108 valence electrons. The van der Waals surface area contributed by atoms with Crippen LogP contribution in [-0.2, 0) is 6.61 Å². The van der Waals surface area contributed by atoms with Gasteiger partial charge < -0.3 is 9.84 Å². The van der Waals surface area contributed by atoms with Crippen molar-refractivity contribution in [3.8, 4) is 17.6 Å². The largest absolute Gasteiger partial charge is 0.488 e. The normalized spacial score (nSPS) is 9.90. The van der Waals surface area contributed by atoms with E-state index in [0.717, 1.165) is 22.4 Å². The van der Waals surface area contributed by atoms with Crippen molar-refractivity contribution >= 4 is 0 Å². The van der Waals surface area contributed by atoms with Crippen molar-refractivity contribution in [2.45, 2.75) is 27.4 Å². The molecule has 0 saturated heterocycles. The molecule has 1 N–H and O–H groups in total.